The molecule has 0 fully saturated rings. The number of rotatable bonds is 3. The molecule has 0 unspecified atom stereocenters. The first-order valence-corrected chi connectivity index (χ1v) is 5.33. The third-order valence-electron chi connectivity index (χ3n) is 2.72. The summed E-state index contributed by atoms with van der Waals surface area (Å²) in [6, 6.07) is 7.58. The molecule has 1 N–H and O–H groups in total. The molecular weight excluding hydrogens is 331 g/mol. The standard InChI is InChI=1S/C12H18N2O2.HI/c1-5-14(3,4)10-7-6-8-11(9-10)16-12(15)13-2;/h6-9H,5H2,1-4H3;1H. The first-order valence-electron chi connectivity index (χ1n) is 5.33. The summed E-state index contributed by atoms with van der Waals surface area (Å²) in [5.41, 5.74) is 1.11. The third kappa shape index (κ3) is 4.51. The van der Waals surface area contributed by atoms with Crippen molar-refractivity contribution < 1.29 is 33.5 Å². The minimum Gasteiger partial charge on any atom is -1.00 e. The van der Waals surface area contributed by atoms with Crippen LogP contribution < -0.4 is 38.5 Å². The van der Waals surface area contributed by atoms with Gasteiger partial charge in [0.05, 0.1) is 20.6 Å². The number of quaternary nitrogens is 1. The van der Waals surface area contributed by atoms with Crippen LogP contribution in [0.3, 0.4) is 0 Å². The van der Waals surface area contributed by atoms with Crippen molar-refractivity contribution in [1.82, 2.24) is 9.80 Å². The Labute approximate surface area is 120 Å². The van der Waals surface area contributed by atoms with Gasteiger partial charge in [-0.3, -0.25) is 4.48 Å². The fraction of sp³-hybridized carbons (Fsp3) is 0.417. The average molecular weight is 350 g/mol. The second-order valence-electron chi connectivity index (χ2n) is 4.14. The van der Waals surface area contributed by atoms with Crippen molar-refractivity contribution in [3.63, 3.8) is 0 Å². The molecule has 1 aromatic carbocycles. The van der Waals surface area contributed by atoms with Crippen LogP contribution in [0.5, 0.6) is 5.75 Å². The highest BCUT2D eigenvalue weighted by atomic mass is 127. The third-order valence-corrected chi connectivity index (χ3v) is 2.72. The highest BCUT2D eigenvalue weighted by Gasteiger charge is 2.17. The molecule has 0 saturated carbocycles. The predicted molar refractivity (Wildman–Crippen MR) is 65.7 cm³/mol. The van der Waals surface area contributed by atoms with Gasteiger partial charge in [-0.1, -0.05) is 6.07 Å². The molecule has 0 aromatic heterocycles. The van der Waals surface area contributed by atoms with Crippen molar-refractivity contribution in [2.45, 2.75) is 6.92 Å². The first kappa shape index (κ1) is 16.2. The Hall–Kier alpha value is -0.820. The number of hydrogen-bond donors (Lipinski definition) is 1. The number of nitrogens with zero attached hydrogens (tertiary/aromatic N) is 1. The normalized spacial score (nSPS) is 10.4. The van der Waals surface area contributed by atoms with Crippen molar-refractivity contribution >= 4 is 11.8 Å². The van der Waals surface area contributed by atoms with Gasteiger partial charge in [-0.15, -0.1) is 0 Å². The monoisotopic (exact) mass is 350 g/mol. The largest absolute Gasteiger partial charge is 1.00 e. The number of carbonyl (C=O) groups is 1. The van der Waals surface area contributed by atoms with Gasteiger partial charge in [0.25, 0.3) is 0 Å². The van der Waals surface area contributed by atoms with E-state index in [0.717, 1.165) is 16.7 Å². The molecule has 0 atom stereocenters. The molecule has 1 amide bonds. The topological polar surface area (TPSA) is 38.3 Å². The number of benzene rings is 1. The number of nitrogens with one attached hydrogen (secondary N) is 1. The maximum atomic E-state index is 11.1. The number of ether oxygens (including phenoxy) is 1. The Morgan fingerprint density at radius 2 is 2.06 bits per heavy atom. The van der Waals surface area contributed by atoms with Gasteiger partial charge in [-0.05, 0) is 19.1 Å². The van der Waals surface area contributed by atoms with Crippen LogP contribution in [0.15, 0.2) is 24.3 Å². The molecule has 0 aliphatic rings. The van der Waals surface area contributed by atoms with Gasteiger partial charge < -0.3 is 34.0 Å². The summed E-state index contributed by atoms with van der Waals surface area (Å²) in [4.78, 5) is 11.1. The van der Waals surface area contributed by atoms with Gasteiger partial charge in [-0.25, -0.2) is 4.79 Å². The molecule has 1 aromatic rings. The van der Waals surface area contributed by atoms with E-state index in [4.69, 9.17) is 4.74 Å². The van der Waals surface area contributed by atoms with Gasteiger partial charge in [0.2, 0.25) is 0 Å². The van der Waals surface area contributed by atoms with E-state index in [0.29, 0.717) is 5.75 Å². The summed E-state index contributed by atoms with van der Waals surface area (Å²) < 4.78 is 5.84. The van der Waals surface area contributed by atoms with Crippen molar-refractivity contribution in [1.29, 1.82) is 0 Å². The zero-order valence-electron chi connectivity index (χ0n) is 10.7. The molecule has 0 radical (unpaired) electrons. The van der Waals surface area contributed by atoms with E-state index in [1.165, 1.54) is 7.05 Å². The number of carbonyl (C=O) groups excluding carboxylic acids is 1. The van der Waals surface area contributed by atoms with Crippen LogP contribution in [0.2, 0.25) is 0 Å². The molecule has 1 rings (SSSR count). The summed E-state index contributed by atoms with van der Waals surface area (Å²) in [6.45, 7) is 3.09. The Morgan fingerprint density at radius 1 is 1.41 bits per heavy atom. The van der Waals surface area contributed by atoms with Crippen molar-refractivity contribution in [2.75, 3.05) is 27.7 Å². The highest BCUT2D eigenvalue weighted by molar-refractivity contribution is 5.70. The van der Waals surface area contributed by atoms with Crippen LogP contribution in [-0.2, 0) is 0 Å². The Balaban J connectivity index is 0.00000256. The molecule has 4 nitrogen and oxygen atoms in total. The molecule has 0 saturated heterocycles. The molecular formula is C12H19IN2O2. The molecule has 0 bridgehead atoms. The first-order chi connectivity index (χ1) is 7.49. The van der Waals surface area contributed by atoms with E-state index in [9.17, 15) is 4.79 Å². The number of hydrogen-bond acceptors (Lipinski definition) is 2. The molecule has 0 aliphatic carbocycles. The molecule has 96 valence electrons. The lowest BCUT2D eigenvalue weighted by atomic mass is 10.2. The minimum atomic E-state index is -0.445. The van der Waals surface area contributed by atoms with Crippen LogP contribution in [0.4, 0.5) is 10.5 Å². The van der Waals surface area contributed by atoms with Gasteiger partial charge >= 0.3 is 6.09 Å². The van der Waals surface area contributed by atoms with Crippen LogP contribution >= 0.6 is 0 Å². The molecule has 0 spiro atoms. The van der Waals surface area contributed by atoms with Crippen molar-refractivity contribution in [2.24, 2.45) is 0 Å². The summed E-state index contributed by atoms with van der Waals surface area (Å²) in [6.07, 6.45) is -0.445. The summed E-state index contributed by atoms with van der Waals surface area (Å²) in [5, 5.41) is 2.42. The lowest BCUT2D eigenvalue weighted by Crippen LogP contribution is -3.00. The smallest absolute Gasteiger partial charge is 0.412 e. The number of halogens is 1. The van der Waals surface area contributed by atoms with E-state index < -0.39 is 6.09 Å². The number of amides is 1. The SMILES string of the molecule is CC[N+](C)(C)c1cccc(OC(=O)NC)c1.[I-]. The second-order valence-corrected chi connectivity index (χ2v) is 4.14. The zero-order chi connectivity index (χ0) is 12.2. The lowest BCUT2D eigenvalue weighted by molar-refractivity contribution is -0.00000849. The quantitative estimate of drug-likeness (QED) is 0.561. The van der Waals surface area contributed by atoms with Gasteiger partial charge in [0.15, 0.2) is 0 Å². The van der Waals surface area contributed by atoms with Gasteiger partial charge in [0.1, 0.15) is 11.4 Å². The summed E-state index contributed by atoms with van der Waals surface area (Å²) in [5.74, 6) is 0.566. The van der Waals surface area contributed by atoms with E-state index in [1.54, 1.807) is 6.07 Å². The van der Waals surface area contributed by atoms with E-state index in [-0.39, 0.29) is 24.0 Å². The van der Waals surface area contributed by atoms with E-state index >= 15 is 0 Å². The summed E-state index contributed by atoms with van der Waals surface area (Å²) in [7, 11) is 5.76. The van der Waals surface area contributed by atoms with Gasteiger partial charge in [-0.2, -0.15) is 0 Å². The van der Waals surface area contributed by atoms with E-state index in [1.807, 2.05) is 18.2 Å². The average Bonchev–Trinajstić information content (AvgIpc) is 2.29. The molecule has 17 heavy (non-hydrogen) atoms. The Kier molecular flexibility index (Phi) is 6.48. The second kappa shape index (κ2) is 6.80. The Bertz CT molecular complexity index is 381. The summed E-state index contributed by atoms with van der Waals surface area (Å²) >= 11 is 0. The van der Waals surface area contributed by atoms with Crippen LogP contribution in [0.1, 0.15) is 6.92 Å². The Morgan fingerprint density at radius 3 is 2.59 bits per heavy atom. The van der Waals surface area contributed by atoms with E-state index in [2.05, 4.69) is 26.3 Å². The fourth-order valence-corrected chi connectivity index (χ4v) is 1.26. The van der Waals surface area contributed by atoms with Crippen LogP contribution in [0, 0.1) is 0 Å². The van der Waals surface area contributed by atoms with Crippen LogP contribution in [-0.4, -0.2) is 33.8 Å². The zero-order valence-corrected chi connectivity index (χ0v) is 12.8. The fourth-order valence-electron chi connectivity index (χ4n) is 1.26. The highest BCUT2D eigenvalue weighted by Crippen LogP contribution is 2.23. The maximum absolute atomic E-state index is 11.1. The molecule has 0 aliphatic heterocycles. The van der Waals surface area contributed by atoms with Crippen molar-refractivity contribution in [3.8, 4) is 5.75 Å². The van der Waals surface area contributed by atoms with Crippen LogP contribution in [0.25, 0.3) is 0 Å². The minimum absolute atomic E-state index is 0. The lowest BCUT2D eigenvalue weighted by Gasteiger charge is -2.27. The predicted octanol–water partition coefficient (Wildman–Crippen LogP) is -1.00. The van der Waals surface area contributed by atoms with Crippen molar-refractivity contribution in [3.05, 3.63) is 24.3 Å². The maximum Gasteiger partial charge on any atom is 0.412 e. The molecule has 0 heterocycles. The molecule has 5 heteroatoms. The van der Waals surface area contributed by atoms with Gasteiger partial charge in [0, 0.05) is 13.1 Å².